The van der Waals surface area contributed by atoms with Gasteiger partial charge in [-0.2, -0.15) is 0 Å². The van der Waals surface area contributed by atoms with Gasteiger partial charge in [0.2, 0.25) is 13.6 Å². The molecule has 2 aromatic rings. The topological polar surface area (TPSA) is 119 Å². The molecule has 0 amide bonds. The molecule has 1 fully saturated rings. The molecule has 4 atom stereocenters. The van der Waals surface area contributed by atoms with Crippen LogP contribution >= 0.6 is 0 Å². The van der Waals surface area contributed by atoms with Crippen LogP contribution in [0.15, 0.2) is 36.4 Å². The number of rotatable bonds is 5. The zero-order chi connectivity index (χ0) is 23.9. The Labute approximate surface area is 195 Å². The molecule has 0 spiro atoms. The van der Waals surface area contributed by atoms with Crippen molar-refractivity contribution < 1.29 is 47.9 Å². The minimum absolute atomic E-state index is 0.000177. The first-order valence-corrected chi connectivity index (χ1v) is 10.8. The minimum atomic E-state index is -1.81. The van der Waals surface area contributed by atoms with Crippen LogP contribution in [0.4, 0.5) is 0 Å². The quantitative estimate of drug-likeness (QED) is 0.649. The number of carbonyl (C=O) groups excluding carboxylic acids is 2. The third-order valence-electron chi connectivity index (χ3n) is 6.07. The number of carbonyl (C=O) groups is 2. The second kappa shape index (κ2) is 8.69. The maximum atomic E-state index is 12.2. The zero-order valence-electron chi connectivity index (χ0n) is 18.6. The smallest absolute Gasteiger partial charge is 0.303 e. The van der Waals surface area contributed by atoms with E-state index >= 15 is 0 Å². The molecule has 10 nitrogen and oxygen atoms in total. The number of esters is 2. The van der Waals surface area contributed by atoms with E-state index in [0.717, 1.165) is 0 Å². The molecule has 0 aliphatic carbocycles. The van der Waals surface area contributed by atoms with Crippen molar-refractivity contribution >= 4 is 11.9 Å². The van der Waals surface area contributed by atoms with Gasteiger partial charge in [-0.1, -0.05) is 12.1 Å². The molecule has 3 heterocycles. The van der Waals surface area contributed by atoms with Gasteiger partial charge in [0.05, 0.1) is 12.5 Å². The Morgan fingerprint density at radius 3 is 2.12 bits per heavy atom. The minimum Gasteiger partial charge on any atom is -0.463 e. The highest BCUT2D eigenvalue weighted by Crippen LogP contribution is 2.50. The molecule has 0 radical (unpaired) electrons. The molecule has 1 saturated heterocycles. The van der Waals surface area contributed by atoms with Crippen molar-refractivity contribution in [3.63, 3.8) is 0 Å². The predicted molar refractivity (Wildman–Crippen MR) is 114 cm³/mol. The van der Waals surface area contributed by atoms with Crippen LogP contribution in [0.2, 0.25) is 0 Å². The summed E-state index contributed by atoms with van der Waals surface area (Å²) in [4.78, 5) is 23.7. The lowest BCUT2D eigenvalue weighted by Crippen LogP contribution is -2.57. The molecule has 0 saturated carbocycles. The van der Waals surface area contributed by atoms with E-state index in [1.165, 1.54) is 13.8 Å². The van der Waals surface area contributed by atoms with Crippen molar-refractivity contribution in [1.82, 2.24) is 0 Å². The summed E-state index contributed by atoms with van der Waals surface area (Å²) in [6.07, 6.45) is -1.80. The van der Waals surface area contributed by atoms with E-state index in [1.54, 1.807) is 36.4 Å². The first-order valence-electron chi connectivity index (χ1n) is 10.8. The van der Waals surface area contributed by atoms with Gasteiger partial charge in [-0.25, -0.2) is 0 Å². The van der Waals surface area contributed by atoms with Crippen LogP contribution < -0.4 is 18.9 Å². The lowest BCUT2D eigenvalue weighted by Gasteiger charge is -2.48. The third-order valence-corrected chi connectivity index (χ3v) is 6.07. The Bertz CT molecular complexity index is 1110. The summed E-state index contributed by atoms with van der Waals surface area (Å²) in [7, 11) is 0. The molecular formula is C24H24O10. The molecule has 34 heavy (non-hydrogen) atoms. The monoisotopic (exact) mass is 472 g/mol. The Balaban J connectivity index is 1.60. The van der Waals surface area contributed by atoms with Gasteiger partial charge < -0.3 is 38.3 Å². The van der Waals surface area contributed by atoms with Crippen LogP contribution in [0.3, 0.4) is 0 Å². The first kappa shape index (κ1) is 22.3. The van der Waals surface area contributed by atoms with Crippen molar-refractivity contribution in [3.8, 4) is 23.0 Å². The molecule has 3 aliphatic rings. The highest BCUT2D eigenvalue weighted by molar-refractivity contribution is 5.67. The van der Waals surface area contributed by atoms with Crippen molar-refractivity contribution in [2.75, 3.05) is 26.8 Å². The highest BCUT2D eigenvalue weighted by atomic mass is 16.7. The average Bonchev–Trinajstić information content (AvgIpc) is 3.46. The fraction of sp³-hybridized carbons (Fsp3) is 0.417. The SMILES string of the molecule is CC(=O)OC[C@]1(O)[C@@H](c2ccc3c(c2)OCO3)OC[C@H](OC(C)=O)[C@H]1c1ccc2c(c1)OCO2. The molecule has 0 aromatic heterocycles. The van der Waals surface area contributed by atoms with Crippen LogP contribution in [0, 0.1) is 0 Å². The Morgan fingerprint density at radius 1 is 0.912 bits per heavy atom. The summed E-state index contributed by atoms with van der Waals surface area (Å²) in [5.41, 5.74) is -0.615. The zero-order valence-corrected chi connectivity index (χ0v) is 18.6. The van der Waals surface area contributed by atoms with Crippen molar-refractivity contribution in [2.45, 2.75) is 37.6 Å². The van der Waals surface area contributed by atoms with Gasteiger partial charge in [0.15, 0.2) is 23.0 Å². The summed E-state index contributed by atoms with van der Waals surface area (Å²) < 4.78 is 38.7. The molecule has 2 aromatic carbocycles. The fourth-order valence-electron chi connectivity index (χ4n) is 4.69. The largest absolute Gasteiger partial charge is 0.463 e. The molecule has 10 heteroatoms. The van der Waals surface area contributed by atoms with Crippen LogP contribution in [-0.2, 0) is 23.8 Å². The van der Waals surface area contributed by atoms with Crippen molar-refractivity contribution in [1.29, 1.82) is 0 Å². The highest BCUT2D eigenvalue weighted by Gasteiger charge is 2.55. The molecule has 1 N–H and O–H groups in total. The Kier molecular flexibility index (Phi) is 5.70. The number of hydrogen-bond donors (Lipinski definition) is 1. The number of fused-ring (bicyclic) bond motifs is 2. The van der Waals surface area contributed by atoms with E-state index in [0.29, 0.717) is 34.1 Å². The van der Waals surface area contributed by atoms with Gasteiger partial charge in [-0.15, -0.1) is 0 Å². The van der Waals surface area contributed by atoms with E-state index in [1.807, 2.05) is 0 Å². The molecule has 180 valence electrons. The summed E-state index contributed by atoms with van der Waals surface area (Å²) >= 11 is 0. The van der Waals surface area contributed by atoms with E-state index in [4.69, 9.17) is 33.2 Å². The number of aliphatic hydroxyl groups is 1. The van der Waals surface area contributed by atoms with Gasteiger partial charge in [0.25, 0.3) is 0 Å². The van der Waals surface area contributed by atoms with E-state index < -0.39 is 42.3 Å². The second-order valence-corrected chi connectivity index (χ2v) is 8.34. The molecule has 0 bridgehead atoms. The number of hydrogen-bond acceptors (Lipinski definition) is 10. The standard InChI is InChI=1S/C24H24O10/c1-13(25)29-10-24(27)22(15-3-5-17-19(7-15)32-11-30-17)21(34-14(2)26)9-28-23(24)16-4-6-18-20(8-16)33-12-31-18/h3-8,21-23,27H,9-12H2,1-2H3/t21-,22+,23+,24+/m0/s1. The van der Waals surface area contributed by atoms with Gasteiger partial charge in [0.1, 0.15) is 24.4 Å². The maximum absolute atomic E-state index is 12.2. The second-order valence-electron chi connectivity index (χ2n) is 8.34. The molecule has 5 rings (SSSR count). The molecular weight excluding hydrogens is 448 g/mol. The Hall–Kier alpha value is -3.50. The Morgan fingerprint density at radius 2 is 1.50 bits per heavy atom. The van der Waals surface area contributed by atoms with E-state index in [2.05, 4.69) is 0 Å². The van der Waals surface area contributed by atoms with Crippen LogP contribution in [-0.4, -0.2) is 55.5 Å². The van der Waals surface area contributed by atoms with Crippen molar-refractivity contribution in [2.24, 2.45) is 0 Å². The van der Waals surface area contributed by atoms with Crippen LogP contribution in [0.5, 0.6) is 23.0 Å². The van der Waals surface area contributed by atoms with Gasteiger partial charge in [0, 0.05) is 13.8 Å². The predicted octanol–water partition coefficient (Wildman–Crippen LogP) is 2.22. The number of ether oxygens (including phenoxy) is 7. The lowest BCUT2D eigenvalue weighted by atomic mass is 9.71. The van der Waals surface area contributed by atoms with E-state index in [9.17, 15) is 14.7 Å². The summed E-state index contributed by atoms with van der Waals surface area (Å²) in [6.45, 7) is 2.31. The summed E-state index contributed by atoms with van der Waals surface area (Å²) in [5.74, 6) is 0.226. The van der Waals surface area contributed by atoms with Crippen LogP contribution in [0.25, 0.3) is 0 Å². The fourth-order valence-corrected chi connectivity index (χ4v) is 4.69. The van der Waals surface area contributed by atoms with Gasteiger partial charge in [-0.3, -0.25) is 9.59 Å². The summed E-state index contributed by atoms with van der Waals surface area (Å²) in [5, 5.41) is 12.2. The number of benzene rings is 2. The first-order chi connectivity index (χ1) is 16.3. The molecule has 3 aliphatic heterocycles. The maximum Gasteiger partial charge on any atom is 0.303 e. The summed E-state index contributed by atoms with van der Waals surface area (Å²) in [6, 6.07) is 10.4. The third kappa shape index (κ3) is 3.99. The lowest BCUT2D eigenvalue weighted by molar-refractivity contribution is -0.226. The van der Waals surface area contributed by atoms with Crippen molar-refractivity contribution in [3.05, 3.63) is 47.5 Å². The average molecular weight is 472 g/mol. The normalized spacial score (nSPS) is 26.7. The van der Waals surface area contributed by atoms with Gasteiger partial charge >= 0.3 is 11.9 Å². The van der Waals surface area contributed by atoms with E-state index in [-0.39, 0.29) is 20.2 Å². The van der Waals surface area contributed by atoms with Crippen LogP contribution in [0.1, 0.15) is 37.0 Å². The van der Waals surface area contributed by atoms with Gasteiger partial charge in [-0.05, 0) is 35.4 Å². The molecule has 0 unspecified atom stereocenters.